The van der Waals surface area contributed by atoms with Crippen LogP contribution in [0.1, 0.15) is 30.0 Å². The fraction of sp³-hybridized carbons (Fsp3) is 0.409. The van der Waals surface area contributed by atoms with Crippen molar-refractivity contribution in [1.82, 2.24) is 9.21 Å². The van der Waals surface area contributed by atoms with E-state index >= 15 is 0 Å². The molecule has 0 spiro atoms. The number of sulfonamides is 1. The Morgan fingerprint density at radius 3 is 2.34 bits per heavy atom. The molecule has 1 amide bonds. The van der Waals surface area contributed by atoms with Crippen LogP contribution in [0, 0.1) is 0 Å². The number of anilines is 1. The molecule has 6 nitrogen and oxygen atoms in total. The maximum absolute atomic E-state index is 13.7. The van der Waals surface area contributed by atoms with Crippen molar-refractivity contribution >= 4 is 21.6 Å². The van der Waals surface area contributed by atoms with Crippen molar-refractivity contribution in [2.75, 3.05) is 38.6 Å². The van der Waals surface area contributed by atoms with Crippen molar-refractivity contribution in [2.24, 2.45) is 0 Å². The van der Waals surface area contributed by atoms with E-state index in [1.165, 1.54) is 18.4 Å². The second-order valence-corrected chi connectivity index (χ2v) is 10.0. The van der Waals surface area contributed by atoms with Crippen LogP contribution in [0.4, 0.5) is 5.69 Å². The number of hydrogen-bond donors (Lipinski definition) is 0. The highest BCUT2D eigenvalue weighted by Gasteiger charge is 2.36. The average molecular weight is 414 g/mol. The summed E-state index contributed by atoms with van der Waals surface area (Å²) < 4.78 is 26.4. The van der Waals surface area contributed by atoms with Crippen molar-refractivity contribution in [3.63, 3.8) is 0 Å². The zero-order valence-electron chi connectivity index (χ0n) is 16.9. The summed E-state index contributed by atoms with van der Waals surface area (Å²) in [5, 5.41) is 0. The lowest BCUT2D eigenvalue weighted by atomic mass is 10.0. The fourth-order valence-corrected chi connectivity index (χ4v) is 5.17. The van der Waals surface area contributed by atoms with E-state index in [0.29, 0.717) is 6.54 Å². The number of carbonyl (C=O) groups excluding carboxylic acids is 1. The number of hydrogen-bond acceptors (Lipinski definition) is 4. The Balaban J connectivity index is 1.71. The Bertz CT molecular complexity index is 999. The van der Waals surface area contributed by atoms with Crippen LogP contribution in [0.2, 0.25) is 0 Å². The van der Waals surface area contributed by atoms with Gasteiger partial charge in [0.1, 0.15) is 6.04 Å². The Labute approximate surface area is 172 Å². The van der Waals surface area contributed by atoms with Crippen molar-refractivity contribution in [2.45, 2.75) is 30.2 Å². The van der Waals surface area contributed by atoms with Crippen LogP contribution in [-0.4, -0.2) is 57.3 Å². The number of likely N-dealkylation sites (tertiary alicyclic amines) is 1. The third kappa shape index (κ3) is 3.70. The Morgan fingerprint density at radius 1 is 1.00 bits per heavy atom. The van der Waals surface area contributed by atoms with Crippen LogP contribution in [0.3, 0.4) is 0 Å². The van der Waals surface area contributed by atoms with E-state index in [4.69, 9.17) is 0 Å². The van der Waals surface area contributed by atoms with E-state index in [1.807, 2.05) is 36.4 Å². The van der Waals surface area contributed by atoms with Crippen molar-refractivity contribution in [1.29, 1.82) is 0 Å². The maximum Gasteiger partial charge on any atom is 0.248 e. The third-order valence-electron chi connectivity index (χ3n) is 5.85. The molecule has 29 heavy (non-hydrogen) atoms. The van der Waals surface area contributed by atoms with Gasteiger partial charge in [0.2, 0.25) is 15.9 Å². The summed E-state index contributed by atoms with van der Waals surface area (Å²) in [5.74, 6) is 0.0243. The molecular weight excluding hydrogens is 386 g/mol. The molecule has 7 heteroatoms. The molecule has 1 saturated heterocycles. The quantitative estimate of drug-likeness (QED) is 0.756. The van der Waals surface area contributed by atoms with E-state index in [1.54, 1.807) is 17.0 Å². The number of fused-ring (bicyclic) bond motifs is 1. The summed E-state index contributed by atoms with van der Waals surface area (Å²) >= 11 is 0. The molecule has 2 aliphatic rings. The zero-order chi connectivity index (χ0) is 20.6. The van der Waals surface area contributed by atoms with Gasteiger partial charge in [-0.2, -0.15) is 0 Å². The molecule has 0 saturated carbocycles. The van der Waals surface area contributed by atoms with Crippen LogP contribution < -0.4 is 4.90 Å². The van der Waals surface area contributed by atoms with Crippen LogP contribution in [-0.2, 0) is 21.2 Å². The first-order chi connectivity index (χ1) is 13.9. The van der Waals surface area contributed by atoms with E-state index in [9.17, 15) is 13.2 Å². The van der Waals surface area contributed by atoms with Crippen LogP contribution >= 0.6 is 0 Å². The number of carbonyl (C=O) groups is 1. The molecule has 0 aromatic heterocycles. The number of rotatable bonds is 5. The van der Waals surface area contributed by atoms with Crippen molar-refractivity contribution in [3.8, 4) is 0 Å². The summed E-state index contributed by atoms with van der Waals surface area (Å²) in [7, 11) is -0.514. The molecule has 1 unspecified atom stereocenters. The molecule has 1 fully saturated rings. The van der Waals surface area contributed by atoms with Gasteiger partial charge in [0.15, 0.2) is 0 Å². The van der Waals surface area contributed by atoms with E-state index in [0.717, 1.165) is 49.2 Å². The lowest BCUT2D eigenvalue weighted by Crippen LogP contribution is -2.41. The normalized spacial score (nSPS) is 18.2. The van der Waals surface area contributed by atoms with Gasteiger partial charge >= 0.3 is 0 Å². The predicted molar refractivity (Wildman–Crippen MR) is 113 cm³/mol. The van der Waals surface area contributed by atoms with Gasteiger partial charge < -0.3 is 4.90 Å². The highest BCUT2D eigenvalue weighted by atomic mass is 32.2. The van der Waals surface area contributed by atoms with Gasteiger partial charge in [-0.1, -0.05) is 36.4 Å². The summed E-state index contributed by atoms with van der Waals surface area (Å²) in [6.45, 7) is 2.39. The summed E-state index contributed by atoms with van der Waals surface area (Å²) in [5.41, 5.74) is 2.73. The Kier molecular flexibility index (Phi) is 5.46. The van der Waals surface area contributed by atoms with Gasteiger partial charge in [-0.3, -0.25) is 9.69 Å². The van der Waals surface area contributed by atoms with Gasteiger partial charge in [0.05, 0.1) is 4.90 Å². The van der Waals surface area contributed by atoms with Gasteiger partial charge in [-0.05, 0) is 55.6 Å². The summed E-state index contributed by atoms with van der Waals surface area (Å²) in [6, 6.07) is 14.7. The van der Waals surface area contributed by atoms with Gasteiger partial charge in [0, 0.05) is 26.3 Å². The molecule has 0 aliphatic carbocycles. The zero-order valence-corrected chi connectivity index (χ0v) is 17.7. The van der Waals surface area contributed by atoms with E-state index in [2.05, 4.69) is 4.90 Å². The molecule has 0 radical (unpaired) electrons. The highest BCUT2D eigenvalue weighted by molar-refractivity contribution is 7.89. The smallest absolute Gasteiger partial charge is 0.248 e. The first-order valence-corrected chi connectivity index (χ1v) is 11.5. The molecule has 2 aromatic carbocycles. The third-order valence-corrected chi connectivity index (χ3v) is 7.66. The topological polar surface area (TPSA) is 60.9 Å². The van der Waals surface area contributed by atoms with Gasteiger partial charge in [-0.25, -0.2) is 12.7 Å². The molecule has 4 rings (SSSR count). The predicted octanol–water partition coefficient (Wildman–Crippen LogP) is 2.66. The lowest BCUT2D eigenvalue weighted by molar-refractivity contribution is -0.123. The second-order valence-electron chi connectivity index (χ2n) is 7.87. The summed E-state index contributed by atoms with van der Waals surface area (Å²) in [4.78, 5) is 18.0. The average Bonchev–Trinajstić information content (AvgIpc) is 3.38. The number of nitrogens with zero attached hydrogens (tertiary/aromatic N) is 3. The number of benzene rings is 2. The molecule has 2 aromatic rings. The molecule has 1 atom stereocenters. The summed E-state index contributed by atoms with van der Waals surface area (Å²) in [6.07, 6.45) is 2.93. The van der Waals surface area contributed by atoms with Crippen molar-refractivity contribution < 1.29 is 13.2 Å². The van der Waals surface area contributed by atoms with E-state index in [-0.39, 0.29) is 16.8 Å². The molecule has 0 bridgehead atoms. The molecular formula is C22H27N3O3S. The first-order valence-electron chi connectivity index (χ1n) is 10.1. The molecule has 0 N–H and O–H groups in total. The van der Waals surface area contributed by atoms with Crippen molar-refractivity contribution in [3.05, 3.63) is 59.7 Å². The minimum atomic E-state index is -3.55. The number of amides is 1. The molecule has 2 aliphatic heterocycles. The van der Waals surface area contributed by atoms with Gasteiger partial charge in [-0.15, -0.1) is 0 Å². The SMILES string of the molecule is CN(C)S(=O)(=O)c1ccc2c(c1)N(C(=O)C(c1ccccc1)N1CCCC1)CC2. The largest absolute Gasteiger partial charge is 0.310 e. The highest BCUT2D eigenvalue weighted by Crippen LogP contribution is 2.35. The van der Waals surface area contributed by atoms with Crippen LogP contribution in [0.15, 0.2) is 53.4 Å². The second kappa shape index (κ2) is 7.89. The minimum Gasteiger partial charge on any atom is -0.310 e. The fourth-order valence-electron chi connectivity index (χ4n) is 4.25. The van der Waals surface area contributed by atoms with E-state index < -0.39 is 10.0 Å². The minimum absolute atomic E-state index is 0.0243. The molecule has 154 valence electrons. The Hall–Kier alpha value is -2.22. The lowest BCUT2D eigenvalue weighted by Gasteiger charge is -2.31. The monoisotopic (exact) mass is 413 g/mol. The first kappa shape index (κ1) is 20.1. The maximum atomic E-state index is 13.7. The molecule has 2 heterocycles. The standard InChI is InChI=1S/C22H27N3O3S/c1-23(2)29(27,28)19-11-10-17-12-15-25(20(17)16-19)22(26)21(24-13-6-7-14-24)18-8-4-3-5-9-18/h3-5,8-11,16,21H,6-7,12-15H2,1-2H3. The van der Waals surface area contributed by atoms with Gasteiger partial charge in [0.25, 0.3) is 0 Å². The van der Waals surface area contributed by atoms with Crippen LogP contribution in [0.5, 0.6) is 0 Å². The van der Waals surface area contributed by atoms with Crippen LogP contribution in [0.25, 0.3) is 0 Å². The Morgan fingerprint density at radius 2 is 1.69 bits per heavy atom.